The lowest BCUT2D eigenvalue weighted by atomic mass is 9.96. The molecule has 9 heteroatoms. The maximum Gasteiger partial charge on any atom is 0.261 e. The molecule has 3 aromatic rings. The molecule has 0 amide bonds. The van der Waals surface area contributed by atoms with Gasteiger partial charge in [0.1, 0.15) is 0 Å². The van der Waals surface area contributed by atoms with Crippen molar-refractivity contribution in [3.8, 4) is 0 Å². The normalized spacial score (nSPS) is 15.9. The van der Waals surface area contributed by atoms with Gasteiger partial charge in [0.2, 0.25) is 10.0 Å². The van der Waals surface area contributed by atoms with Crippen molar-refractivity contribution in [2.45, 2.75) is 47.9 Å². The molecule has 1 heterocycles. The fourth-order valence-corrected chi connectivity index (χ4v) is 6.47. The summed E-state index contributed by atoms with van der Waals surface area (Å²) in [5, 5.41) is 0.815. The minimum Gasteiger partial charge on any atom is -0.277 e. The first-order valence-electron chi connectivity index (χ1n) is 10.2. The molecule has 1 aromatic heterocycles. The van der Waals surface area contributed by atoms with Crippen LogP contribution in [-0.4, -0.2) is 39.2 Å². The highest BCUT2D eigenvalue weighted by molar-refractivity contribution is 7.92. The Morgan fingerprint density at radius 1 is 0.871 bits per heavy atom. The number of nitrogens with one attached hydrogen (secondary N) is 1. The quantitative estimate of drug-likeness (QED) is 0.601. The van der Waals surface area contributed by atoms with Crippen molar-refractivity contribution in [2.24, 2.45) is 0 Å². The van der Waals surface area contributed by atoms with Crippen molar-refractivity contribution in [1.29, 1.82) is 0 Å². The van der Waals surface area contributed by atoms with Crippen molar-refractivity contribution in [3.63, 3.8) is 0 Å². The maximum atomic E-state index is 13.0. The van der Waals surface area contributed by atoms with Crippen molar-refractivity contribution in [1.82, 2.24) is 9.29 Å². The van der Waals surface area contributed by atoms with Crippen LogP contribution in [0.15, 0.2) is 70.6 Å². The van der Waals surface area contributed by atoms with E-state index in [-0.39, 0.29) is 15.8 Å². The van der Waals surface area contributed by atoms with Crippen LogP contribution in [0, 0.1) is 0 Å². The van der Waals surface area contributed by atoms with Crippen LogP contribution in [0.1, 0.15) is 32.1 Å². The van der Waals surface area contributed by atoms with E-state index in [2.05, 4.69) is 9.71 Å². The molecule has 1 saturated carbocycles. The van der Waals surface area contributed by atoms with Gasteiger partial charge in [-0.1, -0.05) is 37.5 Å². The number of anilines is 1. The lowest BCUT2D eigenvalue weighted by Gasteiger charge is -2.30. The predicted molar refractivity (Wildman–Crippen MR) is 121 cm³/mol. The molecule has 0 spiro atoms. The van der Waals surface area contributed by atoms with E-state index in [1.165, 1.54) is 28.6 Å². The van der Waals surface area contributed by atoms with Crippen LogP contribution in [0.25, 0.3) is 10.9 Å². The third-order valence-corrected chi connectivity index (χ3v) is 9.08. The second-order valence-electron chi connectivity index (χ2n) is 7.77. The van der Waals surface area contributed by atoms with Gasteiger partial charge in [-0.05, 0) is 49.2 Å². The standard InChI is InChI=1S/C22H25N3O4S2/c1-25(18-9-3-2-4-10-18)31(28,29)20-14-12-19(13-15-20)30(26,27)24-21-11-5-7-17-8-6-16-23-22(17)21/h5-8,11-16,18,24H,2-4,9-10H2,1H3. The third kappa shape index (κ3) is 4.44. The highest BCUT2D eigenvalue weighted by atomic mass is 32.2. The average molecular weight is 460 g/mol. The Bertz CT molecular complexity index is 1280. The molecule has 2 aromatic carbocycles. The summed E-state index contributed by atoms with van der Waals surface area (Å²) in [5.74, 6) is 0. The Hall–Kier alpha value is -2.49. The van der Waals surface area contributed by atoms with Crippen LogP contribution in [0.5, 0.6) is 0 Å². The highest BCUT2D eigenvalue weighted by Crippen LogP contribution is 2.28. The Kier molecular flexibility index (Phi) is 6.00. The minimum atomic E-state index is -3.91. The molecule has 0 atom stereocenters. The SMILES string of the molecule is CN(C1CCCCC1)S(=O)(=O)c1ccc(S(=O)(=O)Nc2cccc3cccnc23)cc1. The Morgan fingerprint density at radius 3 is 2.23 bits per heavy atom. The van der Waals surface area contributed by atoms with Crippen LogP contribution in [0.4, 0.5) is 5.69 Å². The zero-order valence-electron chi connectivity index (χ0n) is 17.2. The van der Waals surface area contributed by atoms with Gasteiger partial charge in [-0.15, -0.1) is 0 Å². The first-order chi connectivity index (χ1) is 14.8. The van der Waals surface area contributed by atoms with Crippen LogP contribution >= 0.6 is 0 Å². The van der Waals surface area contributed by atoms with Crippen LogP contribution < -0.4 is 4.72 Å². The topological polar surface area (TPSA) is 96.4 Å². The Labute approximate surface area is 183 Å². The molecule has 7 nitrogen and oxygen atoms in total. The van der Waals surface area contributed by atoms with Crippen molar-refractivity contribution in [2.75, 3.05) is 11.8 Å². The minimum absolute atomic E-state index is 0.0114. The maximum absolute atomic E-state index is 13.0. The number of nitrogens with zero attached hydrogens (tertiary/aromatic N) is 2. The van der Waals surface area contributed by atoms with Gasteiger partial charge in [0.05, 0.1) is 21.0 Å². The molecule has 31 heavy (non-hydrogen) atoms. The second kappa shape index (κ2) is 8.57. The number of hydrogen-bond donors (Lipinski definition) is 1. The van der Waals surface area contributed by atoms with E-state index in [1.54, 1.807) is 31.4 Å². The largest absolute Gasteiger partial charge is 0.277 e. The summed E-state index contributed by atoms with van der Waals surface area (Å²) in [4.78, 5) is 4.33. The second-order valence-corrected chi connectivity index (χ2v) is 11.5. The van der Waals surface area contributed by atoms with Gasteiger partial charge in [0.25, 0.3) is 10.0 Å². The summed E-state index contributed by atoms with van der Waals surface area (Å²) in [6.07, 6.45) is 6.49. The van der Waals surface area contributed by atoms with Gasteiger partial charge < -0.3 is 0 Å². The molecule has 1 N–H and O–H groups in total. The lowest BCUT2D eigenvalue weighted by molar-refractivity contribution is 0.286. The van der Waals surface area contributed by atoms with E-state index in [1.807, 2.05) is 12.1 Å². The fourth-order valence-electron chi connectivity index (χ4n) is 3.99. The smallest absolute Gasteiger partial charge is 0.261 e. The van der Waals surface area contributed by atoms with Crippen molar-refractivity contribution in [3.05, 3.63) is 60.8 Å². The highest BCUT2D eigenvalue weighted by Gasteiger charge is 2.29. The lowest BCUT2D eigenvalue weighted by Crippen LogP contribution is -2.38. The number of fused-ring (bicyclic) bond motifs is 1. The Balaban J connectivity index is 1.58. The third-order valence-electron chi connectivity index (χ3n) is 5.78. The van der Waals surface area contributed by atoms with Crippen molar-refractivity contribution >= 4 is 36.6 Å². The van der Waals surface area contributed by atoms with E-state index >= 15 is 0 Å². The summed E-state index contributed by atoms with van der Waals surface area (Å²) in [6, 6.07) is 14.2. The van der Waals surface area contributed by atoms with E-state index in [9.17, 15) is 16.8 Å². The summed E-state index contributed by atoms with van der Waals surface area (Å²) in [5.41, 5.74) is 0.911. The molecule has 0 unspecified atom stereocenters. The monoisotopic (exact) mass is 459 g/mol. The molecule has 0 radical (unpaired) electrons. The fraction of sp³-hybridized carbons (Fsp3) is 0.318. The molecule has 1 aliphatic rings. The number of sulfonamides is 2. The predicted octanol–water partition coefficient (Wildman–Crippen LogP) is 3.99. The molecule has 1 aliphatic carbocycles. The molecular weight excluding hydrogens is 434 g/mol. The molecule has 1 fully saturated rings. The molecule has 4 rings (SSSR count). The van der Waals surface area contributed by atoms with Gasteiger partial charge in [-0.3, -0.25) is 9.71 Å². The number of para-hydroxylation sites is 1. The van der Waals surface area contributed by atoms with Crippen LogP contribution in [0.3, 0.4) is 0 Å². The summed E-state index contributed by atoms with van der Waals surface area (Å²) < 4.78 is 55.7. The first kappa shape index (κ1) is 21.7. The zero-order chi connectivity index (χ0) is 22.1. The van der Waals surface area contributed by atoms with Crippen LogP contribution in [-0.2, 0) is 20.0 Å². The van der Waals surface area contributed by atoms with Gasteiger partial charge >= 0.3 is 0 Å². The van der Waals surface area contributed by atoms with Gasteiger partial charge in [-0.2, -0.15) is 4.31 Å². The van der Waals surface area contributed by atoms with Crippen LogP contribution in [0.2, 0.25) is 0 Å². The zero-order valence-corrected chi connectivity index (χ0v) is 18.9. The molecule has 164 valence electrons. The van der Waals surface area contributed by atoms with Gasteiger partial charge in [0, 0.05) is 24.7 Å². The van der Waals surface area contributed by atoms with E-state index in [0.717, 1.165) is 37.5 Å². The summed E-state index contributed by atoms with van der Waals surface area (Å²) in [7, 11) is -5.98. The molecule has 0 aliphatic heterocycles. The van der Waals surface area contributed by atoms with Gasteiger partial charge in [0.15, 0.2) is 0 Å². The first-order valence-corrected chi connectivity index (χ1v) is 13.2. The summed E-state index contributed by atoms with van der Waals surface area (Å²) >= 11 is 0. The van der Waals surface area contributed by atoms with Gasteiger partial charge in [-0.25, -0.2) is 16.8 Å². The molecule has 0 saturated heterocycles. The van der Waals surface area contributed by atoms with Crippen molar-refractivity contribution < 1.29 is 16.8 Å². The summed E-state index contributed by atoms with van der Waals surface area (Å²) in [6.45, 7) is 0. The number of rotatable bonds is 6. The van der Waals surface area contributed by atoms with E-state index in [0.29, 0.717) is 11.2 Å². The number of hydrogen-bond acceptors (Lipinski definition) is 5. The van der Waals surface area contributed by atoms with E-state index < -0.39 is 20.0 Å². The number of aromatic nitrogens is 1. The Morgan fingerprint density at radius 2 is 1.52 bits per heavy atom. The number of benzene rings is 2. The average Bonchev–Trinajstić information content (AvgIpc) is 2.79. The van der Waals surface area contributed by atoms with E-state index in [4.69, 9.17) is 0 Å². The molecule has 0 bridgehead atoms. The number of pyridine rings is 1. The molecular formula is C22H25N3O4S2.